The number of aliphatic hydroxyl groups is 1. The van der Waals surface area contributed by atoms with E-state index in [1.807, 2.05) is 0 Å². The molecular weight excluding hydrogens is 246 g/mol. The van der Waals surface area contributed by atoms with Crippen molar-refractivity contribution in [2.75, 3.05) is 0 Å². The molecule has 2 heteroatoms. The van der Waals surface area contributed by atoms with Gasteiger partial charge in [-0.25, -0.2) is 0 Å². The molecule has 20 heavy (non-hydrogen) atoms. The van der Waals surface area contributed by atoms with Crippen molar-refractivity contribution in [1.82, 2.24) is 0 Å². The maximum absolute atomic E-state index is 9.88. The van der Waals surface area contributed by atoms with Gasteiger partial charge in [-0.15, -0.1) is 0 Å². The Morgan fingerprint density at radius 2 is 1.05 bits per heavy atom. The minimum atomic E-state index is -1.06. The van der Waals surface area contributed by atoms with Crippen molar-refractivity contribution < 1.29 is 5.11 Å². The Morgan fingerprint density at radius 3 is 1.40 bits per heavy atom. The molecule has 0 aliphatic rings. The van der Waals surface area contributed by atoms with Crippen LogP contribution >= 0.6 is 0 Å². The average Bonchev–Trinajstić information content (AvgIpc) is 2.34. The van der Waals surface area contributed by atoms with Crippen LogP contribution in [0.15, 0.2) is 0 Å². The average molecular weight is 286 g/mol. The van der Waals surface area contributed by atoms with Crippen molar-refractivity contribution in [3.05, 3.63) is 0 Å². The van der Waals surface area contributed by atoms with Crippen LogP contribution in [0.2, 0.25) is 0 Å². The van der Waals surface area contributed by atoms with E-state index in [0.29, 0.717) is 0 Å². The van der Waals surface area contributed by atoms with E-state index in [4.69, 9.17) is 5.73 Å². The molecular formula is C18H39NO. The van der Waals surface area contributed by atoms with Crippen molar-refractivity contribution in [2.45, 2.75) is 110 Å². The standard InChI is InChI=1S/C18H39NO/c1-5-6-7-8-9-10-11-12-13-14-15-16-17(2,3)18(4,19)20/h20H,5-16,19H2,1-4H3. The highest BCUT2D eigenvalue weighted by Gasteiger charge is 2.34. The summed E-state index contributed by atoms with van der Waals surface area (Å²) in [6, 6.07) is 0. The largest absolute Gasteiger partial charge is 0.376 e. The first-order chi connectivity index (χ1) is 9.31. The quantitative estimate of drug-likeness (QED) is 0.352. The second-order valence-corrected chi connectivity index (χ2v) is 7.32. The van der Waals surface area contributed by atoms with Crippen LogP contribution in [-0.2, 0) is 0 Å². The molecule has 0 radical (unpaired) electrons. The summed E-state index contributed by atoms with van der Waals surface area (Å²) < 4.78 is 0. The van der Waals surface area contributed by atoms with Crippen LogP contribution in [0, 0.1) is 5.41 Å². The first kappa shape index (κ1) is 19.9. The van der Waals surface area contributed by atoms with Gasteiger partial charge < -0.3 is 10.8 Å². The maximum atomic E-state index is 9.88. The number of unbranched alkanes of at least 4 members (excludes halogenated alkanes) is 10. The Labute approximate surface area is 127 Å². The molecule has 0 rings (SSSR count). The van der Waals surface area contributed by atoms with Crippen molar-refractivity contribution >= 4 is 0 Å². The van der Waals surface area contributed by atoms with Crippen LogP contribution < -0.4 is 5.73 Å². The van der Waals surface area contributed by atoms with E-state index in [9.17, 15) is 5.11 Å². The Kier molecular flexibility index (Phi) is 10.6. The van der Waals surface area contributed by atoms with E-state index < -0.39 is 5.72 Å². The van der Waals surface area contributed by atoms with Crippen LogP contribution in [0.5, 0.6) is 0 Å². The van der Waals surface area contributed by atoms with E-state index in [-0.39, 0.29) is 5.41 Å². The van der Waals surface area contributed by atoms with Gasteiger partial charge in [0.1, 0.15) is 5.72 Å². The number of hydrogen-bond donors (Lipinski definition) is 2. The van der Waals surface area contributed by atoms with E-state index in [2.05, 4.69) is 20.8 Å². The number of hydrogen-bond acceptors (Lipinski definition) is 2. The van der Waals surface area contributed by atoms with Gasteiger partial charge in [0.15, 0.2) is 0 Å². The summed E-state index contributed by atoms with van der Waals surface area (Å²) in [5, 5.41) is 9.88. The van der Waals surface area contributed by atoms with Crippen molar-refractivity contribution in [3.63, 3.8) is 0 Å². The molecule has 0 saturated carbocycles. The number of nitrogens with two attached hydrogens (primary N) is 1. The molecule has 0 amide bonds. The van der Waals surface area contributed by atoms with Gasteiger partial charge in [0.2, 0.25) is 0 Å². The highest BCUT2D eigenvalue weighted by atomic mass is 16.3. The van der Waals surface area contributed by atoms with E-state index in [1.165, 1.54) is 70.6 Å². The molecule has 1 atom stereocenters. The molecule has 2 nitrogen and oxygen atoms in total. The smallest absolute Gasteiger partial charge is 0.115 e. The lowest BCUT2D eigenvalue weighted by Crippen LogP contribution is -2.49. The molecule has 0 aromatic heterocycles. The SMILES string of the molecule is CCCCCCCCCCCCCC(C)(C)C(C)(N)O. The van der Waals surface area contributed by atoms with Gasteiger partial charge in [0.05, 0.1) is 0 Å². The highest BCUT2D eigenvalue weighted by molar-refractivity contribution is 4.84. The Hall–Kier alpha value is -0.0800. The third kappa shape index (κ3) is 9.77. The third-order valence-corrected chi connectivity index (χ3v) is 4.78. The summed E-state index contributed by atoms with van der Waals surface area (Å²) in [5.41, 5.74) is 4.55. The van der Waals surface area contributed by atoms with Crippen LogP contribution in [0.25, 0.3) is 0 Å². The predicted molar refractivity (Wildman–Crippen MR) is 89.7 cm³/mol. The summed E-state index contributed by atoms with van der Waals surface area (Å²) in [6.45, 7) is 8.10. The summed E-state index contributed by atoms with van der Waals surface area (Å²) in [5.74, 6) is 0. The van der Waals surface area contributed by atoms with Gasteiger partial charge >= 0.3 is 0 Å². The molecule has 0 bridgehead atoms. The first-order valence-corrected chi connectivity index (χ1v) is 8.82. The molecule has 0 aliphatic carbocycles. The van der Waals surface area contributed by atoms with E-state index in [0.717, 1.165) is 6.42 Å². The van der Waals surface area contributed by atoms with Gasteiger partial charge in [0, 0.05) is 5.41 Å². The van der Waals surface area contributed by atoms with Crippen molar-refractivity contribution in [1.29, 1.82) is 0 Å². The van der Waals surface area contributed by atoms with Crippen molar-refractivity contribution in [3.8, 4) is 0 Å². The summed E-state index contributed by atoms with van der Waals surface area (Å²) in [6.07, 6.45) is 16.0. The fourth-order valence-corrected chi connectivity index (χ4v) is 2.48. The van der Waals surface area contributed by atoms with Gasteiger partial charge in [-0.05, 0) is 13.3 Å². The van der Waals surface area contributed by atoms with E-state index >= 15 is 0 Å². The lowest BCUT2D eigenvalue weighted by atomic mass is 9.78. The number of rotatable bonds is 13. The first-order valence-electron chi connectivity index (χ1n) is 8.82. The molecule has 3 N–H and O–H groups in total. The zero-order valence-electron chi connectivity index (χ0n) is 14.5. The highest BCUT2D eigenvalue weighted by Crippen LogP contribution is 2.32. The molecule has 0 aliphatic heterocycles. The molecule has 0 fully saturated rings. The normalized spacial score (nSPS) is 15.3. The monoisotopic (exact) mass is 285 g/mol. The minimum absolute atomic E-state index is 0.188. The lowest BCUT2D eigenvalue weighted by Gasteiger charge is -2.37. The Balaban J connectivity index is 3.33. The summed E-state index contributed by atoms with van der Waals surface area (Å²) in [7, 11) is 0. The molecule has 122 valence electrons. The molecule has 1 unspecified atom stereocenters. The second-order valence-electron chi connectivity index (χ2n) is 7.32. The zero-order valence-corrected chi connectivity index (χ0v) is 14.5. The van der Waals surface area contributed by atoms with Gasteiger partial charge in [-0.3, -0.25) is 0 Å². The fraction of sp³-hybridized carbons (Fsp3) is 1.00. The topological polar surface area (TPSA) is 46.2 Å². The van der Waals surface area contributed by atoms with Crippen molar-refractivity contribution in [2.24, 2.45) is 11.1 Å². The Morgan fingerprint density at radius 1 is 0.700 bits per heavy atom. The second kappa shape index (κ2) is 10.6. The third-order valence-electron chi connectivity index (χ3n) is 4.78. The van der Waals surface area contributed by atoms with E-state index in [1.54, 1.807) is 6.92 Å². The van der Waals surface area contributed by atoms with Crippen LogP contribution in [-0.4, -0.2) is 10.8 Å². The maximum Gasteiger partial charge on any atom is 0.115 e. The van der Waals surface area contributed by atoms with Gasteiger partial charge in [-0.2, -0.15) is 0 Å². The van der Waals surface area contributed by atoms with Crippen LogP contribution in [0.1, 0.15) is 105 Å². The van der Waals surface area contributed by atoms with Crippen LogP contribution in [0.4, 0.5) is 0 Å². The predicted octanol–water partition coefficient (Wildman–Crippen LogP) is 5.38. The Bertz CT molecular complexity index is 218. The minimum Gasteiger partial charge on any atom is -0.376 e. The fourth-order valence-electron chi connectivity index (χ4n) is 2.48. The van der Waals surface area contributed by atoms with Gasteiger partial charge in [0.25, 0.3) is 0 Å². The molecule has 0 heterocycles. The molecule has 0 aromatic rings. The zero-order chi connectivity index (χ0) is 15.5. The summed E-state index contributed by atoms with van der Waals surface area (Å²) >= 11 is 0. The lowest BCUT2D eigenvalue weighted by molar-refractivity contribution is -0.0514. The summed E-state index contributed by atoms with van der Waals surface area (Å²) in [4.78, 5) is 0. The van der Waals surface area contributed by atoms with Gasteiger partial charge in [-0.1, -0.05) is 91.4 Å². The molecule has 0 saturated heterocycles. The van der Waals surface area contributed by atoms with Crippen LogP contribution in [0.3, 0.4) is 0 Å². The molecule has 0 spiro atoms. The molecule has 0 aromatic carbocycles.